The molecule has 3 fully saturated rings. The van der Waals surface area contributed by atoms with Crippen LogP contribution in [0.15, 0.2) is 129 Å². The van der Waals surface area contributed by atoms with E-state index in [-0.39, 0.29) is 115 Å². The van der Waals surface area contributed by atoms with Gasteiger partial charge in [-0.25, -0.2) is 14.8 Å². The van der Waals surface area contributed by atoms with E-state index in [1.807, 2.05) is 18.7 Å². The van der Waals surface area contributed by atoms with Gasteiger partial charge >= 0.3 is 6.09 Å². The van der Waals surface area contributed by atoms with Gasteiger partial charge in [-0.3, -0.25) is 33.7 Å². The second-order valence-electron chi connectivity index (χ2n) is 28.1. The number of aliphatic imine (C=N–C) groups is 2. The molecule has 7 aliphatic rings. The lowest BCUT2D eigenvalue weighted by Crippen LogP contribution is -2.67. The maximum atomic E-state index is 14.2. The molecule has 6 aliphatic heterocycles. The fourth-order valence-electron chi connectivity index (χ4n) is 14.2. The number of amides is 5. The lowest BCUT2D eigenvalue weighted by molar-refractivity contribution is -0.138. The van der Waals surface area contributed by atoms with Gasteiger partial charge in [-0.2, -0.15) is 11.8 Å². The third kappa shape index (κ3) is 19.7. The summed E-state index contributed by atoms with van der Waals surface area (Å²) in [7, 11) is 0.216. The number of carbonyl (C=O) groups is 7. The molecule has 5 amide bonds. The highest BCUT2D eigenvalue weighted by Gasteiger charge is 2.51. The molecule has 23 nitrogen and oxygen atoms in total. The van der Waals surface area contributed by atoms with Crippen LogP contribution in [0.3, 0.4) is 0 Å². The number of thioether (sulfide) groups is 2. The summed E-state index contributed by atoms with van der Waals surface area (Å²) in [6.45, 7) is 18.8. The minimum absolute atomic E-state index is 0.0117. The molecule has 9 rings (SSSR count). The molecule has 6 heterocycles. The van der Waals surface area contributed by atoms with Gasteiger partial charge in [-0.1, -0.05) is 120 Å². The van der Waals surface area contributed by atoms with Crippen LogP contribution in [-0.4, -0.2) is 219 Å². The van der Waals surface area contributed by atoms with Gasteiger partial charge in [0.25, 0.3) is 14.2 Å². The predicted octanol–water partition coefficient (Wildman–Crippen LogP) is 5.39. The summed E-state index contributed by atoms with van der Waals surface area (Å²) >= 11 is 3.46. The van der Waals surface area contributed by atoms with Gasteiger partial charge in [0.2, 0.25) is 29.3 Å². The Morgan fingerprint density at radius 2 is 1.43 bits per heavy atom. The molecule has 8 N–H and O–H groups in total. The van der Waals surface area contributed by atoms with E-state index in [0.29, 0.717) is 36.8 Å². The molecule has 3 saturated heterocycles. The summed E-state index contributed by atoms with van der Waals surface area (Å²) in [6.07, 6.45) is 8.00. The second-order valence-corrected chi connectivity index (χ2v) is 34.7. The molecule has 2 aromatic carbocycles. The number of ketones is 2. The number of aliphatic hydroxyl groups excluding tert-OH is 1. The van der Waals surface area contributed by atoms with Gasteiger partial charge in [-0.05, 0) is 92.1 Å². The average Bonchev–Trinajstić information content (AvgIpc) is 1.21. The van der Waals surface area contributed by atoms with Crippen molar-refractivity contribution in [1.29, 1.82) is 0 Å². The number of rotatable bonds is 24. The Bertz CT molecular complexity index is 3390. The zero-order valence-electron chi connectivity index (χ0n) is 58.9. The number of primary amides is 1. The Hall–Kier alpha value is -7.07. The SMILES string of the molecule is COC1C=CC=C(C)C(=O)NC2=CC(=O)C(NCCCNC(=O)CCCN3C(=O)CC(SC[C@H]4CCN5CC[C@H](CSC[C@H]6CCN7CC[C@H](CO[Si](c8ccccc8)(c8ccccc8)C(C)(C)C)N=C7N6)NC5=N4)C3=O)=C(CC(C)CC(OC)C(O)C(C)C=C(C)C1OC(N)=O)C2=O. The molecule has 2 bridgehead atoms. The molecule has 2 aromatic rings. The fourth-order valence-corrected chi connectivity index (χ4v) is 21.2. The van der Waals surface area contributed by atoms with Gasteiger partial charge in [0.1, 0.15) is 6.10 Å². The molecule has 1 aliphatic carbocycles. The topological polar surface area (TPSA) is 297 Å². The van der Waals surface area contributed by atoms with Gasteiger partial charge in [0, 0.05) is 125 Å². The Labute approximate surface area is 593 Å². The number of benzene rings is 2. The van der Waals surface area contributed by atoms with Crippen LogP contribution in [0.2, 0.25) is 5.04 Å². The smallest absolute Gasteiger partial charge is 0.405 e. The van der Waals surface area contributed by atoms with E-state index in [1.54, 1.807) is 26.0 Å². The molecule has 11 atom stereocenters. The molecule has 0 saturated carbocycles. The summed E-state index contributed by atoms with van der Waals surface area (Å²) in [5, 5.41) is 29.7. The van der Waals surface area contributed by atoms with Crippen molar-refractivity contribution in [2.45, 2.75) is 172 Å². The Morgan fingerprint density at radius 1 is 0.808 bits per heavy atom. The number of imide groups is 1. The monoisotopic (exact) mass is 1420 g/mol. The summed E-state index contributed by atoms with van der Waals surface area (Å²) in [4.78, 5) is 110. The highest BCUT2D eigenvalue weighted by atomic mass is 32.2. The fraction of sp³-hybridized carbons (Fsp3) is 0.575. The molecular weight excluding hydrogens is 1320 g/mol. The van der Waals surface area contributed by atoms with Crippen molar-refractivity contribution in [2.24, 2.45) is 27.6 Å². The average molecular weight is 1420 g/mol. The molecule has 7 unspecified atom stereocenters. The van der Waals surface area contributed by atoms with Crippen molar-refractivity contribution in [1.82, 2.24) is 41.3 Å². The Balaban J connectivity index is 0.696. The van der Waals surface area contributed by atoms with Crippen LogP contribution in [0, 0.1) is 11.8 Å². The number of fused-ring (bicyclic) bond motifs is 4. The number of aliphatic hydroxyl groups is 1. The number of methoxy groups -OCH3 is 2. The Kier molecular flexibility index (Phi) is 27.3. The van der Waals surface area contributed by atoms with Crippen molar-refractivity contribution in [2.75, 3.05) is 83.9 Å². The van der Waals surface area contributed by atoms with Crippen molar-refractivity contribution in [3.8, 4) is 0 Å². The highest BCUT2D eigenvalue weighted by molar-refractivity contribution is 8.00. The minimum Gasteiger partial charge on any atom is -0.439 e. The standard InChI is InChI=1S/C73H103N11O12S2Si/c1-46-37-56-64(58(85)40-57(66(56)89)81-68(90)47(2)19-16-24-59(93-8)67(96-70(74)92)49(4)39-48(3)65(88)60(38-46)94-9)76-31-18-30-75-62(86)25-17-32-84-63(87)41-61(69(84)91)98-45-53-29-36-83-35-28-52(79-72(83)80-53)44-97-43-51-27-34-82-33-26-50(77-71(82)78-51)42-95-99(73(5,6)7,54-20-12-10-13-21-54)55-22-14-11-15-23-55/h10-16,19-24,39-40,46,48,50-53,59-61,65,67,76,88H,17-18,25-38,41-45H2,1-9H3,(H2,74,92)(H,75,86)(H,77,78)(H,79,80)(H,81,90)/t46?,48?,50-,51-,52-,53-,59?,60?,61?,65?,67?/m1/s1. The van der Waals surface area contributed by atoms with E-state index >= 15 is 0 Å². The van der Waals surface area contributed by atoms with Crippen LogP contribution < -0.4 is 42.7 Å². The predicted molar refractivity (Wildman–Crippen MR) is 391 cm³/mol. The van der Waals surface area contributed by atoms with Crippen LogP contribution in [-0.2, 0) is 47.4 Å². The van der Waals surface area contributed by atoms with Gasteiger partial charge in [0.05, 0.1) is 47.5 Å². The van der Waals surface area contributed by atoms with Crippen LogP contribution in [0.1, 0.15) is 113 Å². The first-order valence-corrected chi connectivity index (χ1v) is 39.1. The number of Topliss-reactive ketones (excluding diaryl/α,β-unsaturated/α-hetero) is 1. The van der Waals surface area contributed by atoms with E-state index in [9.17, 15) is 38.7 Å². The minimum atomic E-state index is -2.68. The third-order valence-electron chi connectivity index (χ3n) is 19.6. The number of hydrogen-bond acceptors (Lipinski definition) is 21. The normalized spacial score (nSPS) is 26.8. The van der Waals surface area contributed by atoms with E-state index in [1.165, 1.54) is 60.3 Å². The van der Waals surface area contributed by atoms with Crippen LogP contribution in [0.5, 0.6) is 0 Å². The quantitative estimate of drug-likeness (QED) is 0.0228. The number of allylic oxidation sites excluding steroid dienone is 4. The van der Waals surface area contributed by atoms with Crippen molar-refractivity contribution >= 4 is 95.4 Å². The zero-order chi connectivity index (χ0) is 71.0. The molecule has 0 spiro atoms. The maximum absolute atomic E-state index is 14.2. The van der Waals surface area contributed by atoms with E-state index in [2.05, 4.69) is 118 Å². The number of ether oxygens (including phenoxy) is 3. The van der Waals surface area contributed by atoms with Crippen LogP contribution in [0.25, 0.3) is 0 Å². The van der Waals surface area contributed by atoms with Crippen molar-refractivity contribution in [3.05, 3.63) is 119 Å². The highest BCUT2D eigenvalue weighted by Crippen LogP contribution is 2.38. The first kappa shape index (κ1) is 76.1. The summed E-state index contributed by atoms with van der Waals surface area (Å²) < 4.78 is 24.2. The molecule has 99 heavy (non-hydrogen) atoms. The largest absolute Gasteiger partial charge is 0.439 e. The summed E-state index contributed by atoms with van der Waals surface area (Å²) in [5.74, 6) is 1.21. The number of nitrogens with one attached hydrogen (secondary N) is 5. The number of likely N-dealkylation sites (tertiary alicyclic amines) is 1. The number of nitrogens with two attached hydrogens (primary N) is 1. The molecule has 26 heteroatoms. The van der Waals surface area contributed by atoms with Crippen molar-refractivity contribution < 1.29 is 57.3 Å². The van der Waals surface area contributed by atoms with Gasteiger partial charge in [-0.15, -0.1) is 11.8 Å². The number of hydrogen-bond donors (Lipinski definition) is 7. The zero-order valence-corrected chi connectivity index (χ0v) is 61.6. The molecule has 538 valence electrons. The lowest BCUT2D eigenvalue weighted by Gasteiger charge is -2.44. The first-order chi connectivity index (χ1) is 47.5. The summed E-state index contributed by atoms with van der Waals surface area (Å²) in [5.41, 5.74) is 6.21. The molecule has 0 radical (unpaired) electrons. The van der Waals surface area contributed by atoms with Gasteiger partial charge < -0.3 is 65.9 Å². The van der Waals surface area contributed by atoms with Crippen LogP contribution >= 0.6 is 23.5 Å². The summed E-state index contributed by atoms with van der Waals surface area (Å²) in [6, 6.07) is 22.3. The van der Waals surface area contributed by atoms with E-state index < -0.39 is 67.5 Å². The van der Waals surface area contributed by atoms with E-state index in [4.69, 9.17) is 34.4 Å². The van der Waals surface area contributed by atoms with Crippen molar-refractivity contribution in [3.63, 3.8) is 0 Å². The van der Waals surface area contributed by atoms with Crippen LogP contribution in [0.4, 0.5) is 4.79 Å². The number of carbonyl (C=O) groups excluding carboxylic acids is 7. The first-order valence-electron chi connectivity index (χ1n) is 35.0. The third-order valence-corrected chi connectivity index (χ3v) is 27.3. The number of nitrogens with zero attached hydrogens (tertiary/aromatic N) is 5. The lowest BCUT2D eigenvalue weighted by atomic mass is 9.85. The molecule has 0 aromatic heterocycles. The second kappa shape index (κ2) is 35.5. The number of guanidine groups is 2. The maximum Gasteiger partial charge on any atom is 0.405 e. The Morgan fingerprint density at radius 3 is 2.05 bits per heavy atom. The van der Waals surface area contributed by atoms with Gasteiger partial charge in [0.15, 0.2) is 18.0 Å². The van der Waals surface area contributed by atoms with E-state index in [0.717, 1.165) is 81.4 Å². The molecular formula is C73H103N11O12S2Si.